The van der Waals surface area contributed by atoms with Crippen LogP contribution in [0.5, 0.6) is 5.75 Å². The highest BCUT2D eigenvalue weighted by molar-refractivity contribution is 6.05. The van der Waals surface area contributed by atoms with Crippen molar-refractivity contribution in [2.45, 2.75) is 13.8 Å². The summed E-state index contributed by atoms with van der Waals surface area (Å²) in [7, 11) is 1.48. The van der Waals surface area contributed by atoms with E-state index >= 15 is 0 Å². The van der Waals surface area contributed by atoms with Crippen molar-refractivity contribution in [3.05, 3.63) is 48.0 Å². The first-order valence-electron chi connectivity index (χ1n) is 7.53. The van der Waals surface area contributed by atoms with Crippen molar-refractivity contribution in [2.24, 2.45) is 0 Å². The quantitative estimate of drug-likeness (QED) is 0.779. The van der Waals surface area contributed by atoms with E-state index in [1.54, 1.807) is 42.5 Å². The molecule has 3 amide bonds. The zero-order valence-electron chi connectivity index (χ0n) is 14.2. The van der Waals surface area contributed by atoms with Gasteiger partial charge in [0, 0.05) is 30.8 Å². The smallest absolute Gasteiger partial charge is 0.255 e. The zero-order chi connectivity index (χ0) is 18.4. The molecule has 2 aromatic carbocycles. The van der Waals surface area contributed by atoms with Gasteiger partial charge < -0.3 is 20.7 Å². The molecule has 0 heterocycles. The largest absolute Gasteiger partial charge is 0.495 e. The molecule has 0 saturated carbocycles. The Labute approximate surface area is 145 Å². The highest BCUT2D eigenvalue weighted by Crippen LogP contribution is 2.26. The van der Waals surface area contributed by atoms with E-state index in [9.17, 15) is 14.4 Å². The van der Waals surface area contributed by atoms with Gasteiger partial charge in [-0.05, 0) is 42.5 Å². The summed E-state index contributed by atoms with van der Waals surface area (Å²) in [4.78, 5) is 34.6. The lowest BCUT2D eigenvalue weighted by Crippen LogP contribution is -2.14. The summed E-state index contributed by atoms with van der Waals surface area (Å²) in [6.45, 7) is 2.80. The molecule has 7 nitrogen and oxygen atoms in total. The maximum Gasteiger partial charge on any atom is 0.255 e. The summed E-state index contributed by atoms with van der Waals surface area (Å²) >= 11 is 0. The molecular formula is C18H19N3O4. The first kappa shape index (κ1) is 18.0. The van der Waals surface area contributed by atoms with Crippen molar-refractivity contribution in [3.63, 3.8) is 0 Å². The van der Waals surface area contributed by atoms with Crippen molar-refractivity contribution in [1.29, 1.82) is 0 Å². The Kier molecular flexibility index (Phi) is 5.73. The van der Waals surface area contributed by atoms with Gasteiger partial charge in [0.1, 0.15) is 5.75 Å². The van der Waals surface area contributed by atoms with Gasteiger partial charge in [-0.2, -0.15) is 0 Å². The first-order chi connectivity index (χ1) is 11.9. The molecule has 0 atom stereocenters. The summed E-state index contributed by atoms with van der Waals surface area (Å²) in [5.41, 5.74) is 2.01. The number of hydrogen-bond acceptors (Lipinski definition) is 4. The van der Waals surface area contributed by atoms with Crippen molar-refractivity contribution >= 4 is 34.8 Å². The summed E-state index contributed by atoms with van der Waals surface area (Å²) in [6.07, 6.45) is 0. The van der Waals surface area contributed by atoms with E-state index < -0.39 is 0 Å². The lowest BCUT2D eigenvalue weighted by molar-refractivity contribution is -0.115. The molecule has 0 spiro atoms. The van der Waals surface area contributed by atoms with Crippen molar-refractivity contribution < 1.29 is 19.1 Å². The number of methoxy groups -OCH3 is 1. The van der Waals surface area contributed by atoms with Gasteiger partial charge in [0.15, 0.2) is 0 Å². The Morgan fingerprint density at radius 3 is 1.88 bits per heavy atom. The molecule has 0 aromatic heterocycles. The Bertz CT molecular complexity index is 800. The molecular weight excluding hydrogens is 322 g/mol. The van der Waals surface area contributed by atoms with E-state index in [2.05, 4.69) is 16.0 Å². The maximum atomic E-state index is 12.4. The van der Waals surface area contributed by atoms with Gasteiger partial charge >= 0.3 is 0 Å². The highest BCUT2D eigenvalue weighted by atomic mass is 16.5. The van der Waals surface area contributed by atoms with Gasteiger partial charge in [0.2, 0.25) is 11.8 Å². The van der Waals surface area contributed by atoms with E-state index in [0.29, 0.717) is 28.4 Å². The monoisotopic (exact) mass is 341 g/mol. The van der Waals surface area contributed by atoms with Crippen LogP contribution < -0.4 is 20.7 Å². The van der Waals surface area contributed by atoms with Crippen LogP contribution in [0, 0.1) is 0 Å². The lowest BCUT2D eigenvalue weighted by Gasteiger charge is -2.11. The molecule has 0 unspecified atom stereocenters. The number of benzene rings is 2. The summed E-state index contributed by atoms with van der Waals surface area (Å²) in [6, 6.07) is 11.5. The van der Waals surface area contributed by atoms with Crippen LogP contribution in [0.4, 0.5) is 17.1 Å². The number of amides is 3. The van der Waals surface area contributed by atoms with Gasteiger partial charge in [-0.1, -0.05) is 0 Å². The van der Waals surface area contributed by atoms with Crippen LogP contribution in [0.3, 0.4) is 0 Å². The van der Waals surface area contributed by atoms with Crippen LogP contribution in [0.15, 0.2) is 42.5 Å². The maximum absolute atomic E-state index is 12.4. The summed E-state index contributed by atoms with van der Waals surface area (Å²) in [5.74, 6) is -0.294. The average Bonchev–Trinajstić information content (AvgIpc) is 2.55. The molecule has 0 bridgehead atoms. The Hall–Kier alpha value is -3.35. The second-order valence-corrected chi connectivity index (χ2v) is 5.31. The average molecular weight is 341 g/mol. The second kappa shape index (κ2) is 7.96. The van der Waals surface area contributed by atoms with E-state index in [4.69, 9.17) is 4.74 Å². The van der Waals surface area contributed by atoms with Gasteiger partial charge in [-0.25, -0.2) is 0 Å². The number of rotatable bonds is 5. The first-order valence-corrected chi connectivity index (χ1v) is 7.53. The van der Waals surface area contributed by atoms with Gasteiger partial charge in [0.05, 0.1) is 12.8 Å². The molecule has 0 saturated heterocycles. The fraction of sp³-hybridized carbons (Fsp3) is 0.167. The number of nitrogens with one attached hydrogen (secondary N) is 3. The summed E-state index contributed by atoms with van der Waals surface area (Å²) in [5, 5.41) is 8.03. The number of hydrogen-bond donors (Lipinski definition) is 3. The Morgan fingerprint density at radius 2 is 1.36 bits per heavy atom. The van der Waals surface area contributed by atoms with Crippen LogP contribution in [0.2, 0.25) is 0 Å². The molecule has 2 rings (SSSR count). The molecule has 0 radical (unpaired) electrons. The minimum absolute atomic E-state index is 0.166. The van der Waals surface area contributed by atoms with E-state index in [0.717, 1.165) is 0 Å². The molecule has 0 aliphatic carbocycles. The molecule has 0 aliphatic heterocycles. The molecule has 3 N–H and O–H groups in total. The molecule has 0 aliphatic rings. The van der Waals surface area contributed by atoms with Crippen molar-refractivity contribution in [2.75, 3.05) is 23.1 Å². The van der Waals surface area contributed by atoms with Gasteiger partial charge in [-0.15, -0.1) is 0 Å². The van der Waals surface area contributed by atoms with E-state index in [-0.39, 0.29) is 17.7 Å². The van der Waals surface area contributed by atoms with Gasteiger partial charge in [0.25, 0.3) is 5.91 Å². The van der Waals surface area contributed by atoms with E-state index in [1.807, 2.05) is 0 Å². The molecule has 7 heteroatoms. The normalized spacial score (nSPS) is 9.88. The van der Waals surface area contributed by atoms with Gasteiger partial charge in [-0.3, -0.25) is 14.4 Å². The van der Waals surface area contributed by atoms with Crippen molar-refractivity contribution in [3.8, 4) is 5.75 Å². The third-order valence-electron chi connectivity index (χ3n) is 3.24. The predicted molar refractivity (Wildman–Crippen MR) is 96.0 cm³/mol. The number of carbonyl (C=O) groups is 3. The predicted octanol–water partition coefficient (Wildman–Crippen LogP) is 2.86. The number of ether oxygens (including phenoxy) is 1. The Balaban J connectivity index is 2.14. The topological polar surface area (TPSA) is 96.5 Å². The van der Waals surface area contributed by atoms with E-state index in [1.165, 1.54) is 21.0 Å². The van der Waals surface area contributed by atoms with Crippen LogP contribution in [0.25, 0.3) is 0 Å². The third-order valence-corrected chi connectivity index (χ3v) is 3.24. The number of carbonyl (C=O) groups excluding carboxylic acids is 3. The standard InChI is InChI=1S/C18H19N3O4/c1-11(22)19-14-5-7-15(8-6-14)21-18(24)13-4-9-17(25-3)16(10-13)20-12(2)23/h4-10H,1-3H3,(H,19,22)(H,20,23)(H,21,24). The second-order valence-electron chi connectivity index (χ2n) is 5.31. The minimum Gasteiger partial charge on any atom is -0.495 e. The highest BCUT2D eigenvalue weighted by Gasteiger charge is 2.11. The summed E-state index contributed by atoms with van der Waals surface area (Å²) < 4.78 is 5.16. The van der Waals surface area contributed by atoms with Crippen LogP contribution in [-0.2, 0) is 9.59 Å². The minimum atomic E-state index is -0.332. The fourth-order valence-electron chi connectivity index (χ4n) is 2.18. The van der Waals surface area contributed by atoms with Crippen LogP contribution >= 0.6 is 0 Å². The SMILES string of the molecule is COc1ccc(C(=O)Nc2ccc(NC(C)=O)cc2)cc1NC(C)=O. The number of anilines is 3. The molecule has 0 fully saturated rings. The fourth-order valence-corrected chi connectivity index (χ4v) is 2.18. The lowest BCUT2D eigenvalue weighted by atomic mass is 10.1. The van der Waals surface area contributed by atoms with Crippen molar-refractivity contribution in [1.82, 2.24) is 0 Å². The van der Waals surface area contributed by atoms with Crippen LogP contribution in [-0.4, -0.2) is 24.8 Å². The zero-order valence-corrected chi connectivity index (χ0v) is 14.2. The molecule has 25 heavy (non-hydrogen) atoms. The third kappa shape index (κ3) is 5.07. The van der Waals surface area contributed by atoms with Crippen LogP contribution in [0.1, 0.15) is 24.2 Å². The molecule has 130 valence electrons. The Morgan fingerprint density at radius 1 is 0.800 bits per heavy atom. The molecule has 2 aromatic rings.